The van der Waals surface area contributed by atoms with Crippen LogP contribution in [0.3, 0.4) is 0 Å². The number of pyridine rings is 1. The van der Waals surface area contributed by atoms with E-state index in [0.717, 1.165) is 50.6 Å². The van der Waals surface area contributed by atoms with Crippen LogP contribution in [-0.4, -0.2) is 41.8 Å². The molecule has 2 heterocycles. The van der Waals surface area contributed by atoms with Gasteiger partial charge in [-0.25, -0.2) is 17.6 Å². The molecular weight excluding hydrogens is 546 g/mol. The van der Waals surface area contributed by atoms with Gasteiger partial charge in [0.25, 0.3) is 0 Å². The number of halogens is 5. The number of hydrogen-bond acceptors (Lipinski definition) is 4. The van der Waals surface area contributed by atoms with Crippen molar-refractivity contribution in [2.24, 2.45) is 0 Å². The summed E-state index contributed by atoms with van der Waals surface area (Å²) in [5.41, 5.74) is 5.97. The van der Waals surface area contributed by atoms with Gasteiger partial charge in [-0.15, -0.1) is 11.8 Å². The monoisotopic (exact) mass is 573 g/mol. The normalized spacial score (nSPS) is 16.3. The number of benzene rings is 3. The molecule has 1 aliphatic rings. The Morgan fingerprint density at radius 3 is 2.33 bits per heavy atom. The number of aromatic nitrogens is 1. The van der Waals surface area contributed by atoms with Gasteiger partial charge in [0.15, 0.2) is 23.3 Å². The van der Waals surface area contributed by atoms with E-state index in [4.69, 9.17) is 11.6 Å². The largest absolute Gasteiger partial charge is 0.366 e. The van der Waals surface area contributed by atoms with Crippen LogP contribution in [0.1, 0.15) is 23.6 Å². The first-order chi connectivity index (χ1) is 18.6. The second-order valence-electron chi connectivity index (χ2n) is 9.99. The molecule has 0 N–H and O–H groups in total. The van der Waals surface area contributed by atoms with Crippen molar-refractivity contribution < 1.29 is 17.6 Å². The third kappa shape index (κ3) is 4.98. The van der Waals surface area contributed by atoms with Gasteiger partial charge in [0, 0.05) is 65.6 Å². The Balaban J connectivity index is 1.44. The number of rotatable bonds is 5. The van der Waals surface area contributed by atoms with E-state index in [0.29, 0.717) is 24.7 Å². The molecule has 9 heteroatoms. The molecule has 1 aromatic heterocycles. The Kier molecular flexibility index (Phi) is 7.82. The van der Waals surface area contributed by atoms with Crippen LogP contribution < -0.4 is 4.90 Å². The van der Waals surface area contributed by atoms with Gasteiger partial charge in [-0.2, -0.15) is 0 Å². The molecule has 1 aliphatic heterocycles. The molecule has 204 valence electrons. The number of nitrogens with zero attached hydrogens (tertiary/aromatic N) is 3. The van der Waals surface area contributed by atoms with Crippen molar-refractivity contribution in [3.05, 3.63) is 87.6 Å². The Morgan fingerprint density at radius 1 is 0.974 bits per heavy atom. The molecule has 0 aliphatic carbocycles. The third-order valence-corrected chi connectivity index (χ3v) is 8.63. The molecule has 0 bridgehead atoms. The van der Waals surface area contributed by atoms with E-state index >= 15 is 0 Å². The van der Waals surface area contributed by atoms with Gasteiger partial charge in [-0.3, -0.25) is 9.88 Å². The van der Waals surface area contributed by atoms with Crippen LogP contribution >= 0.6 is 23.4 Å². The molecule has 0 spiro atoms. The molecular formula is C30H28ClF4N3S. The molecule has 0 amide bonds. The average Bonchev–Trinajstić information content (AvgIpc) is 2.91. The summed E-state index contributed by atoms with van der Waals surface area (Å²) >= 11 is 7.71. The van der Waals surface area contributed by atoms with E-state index < -0.39 is 23.3 Å². The summed E-state index contributed by atoms with van der Waals surface area (Å²) in [4.78, 5) is 8.61. The van der Waals surface area contributed by atoms with Crippen molar-refractivity contribution in [3.63, 3.8) is 0 Å². The molecule has 0 saturated carbocycles. The fraction of sp³-hybridized carbons (Fsp3) is 0.300. The highest BCUT2D eigenvalue weighted by molar-refractivity contribution is 7.98. The summed E-state index contributed by atoms with van der Waals surface area (Å²) in [5, 5.41) is 1.57. The highest BCUT2D eigenvalue weighted by Crippen LogP contribution is 2.39. The highest BCUT2D eigenvalue weighted by atomic mass is 35.5. The predicted octanol–water partition coefficient (Wildman–Crippen LogP) is 8.16. The average molecular weight is 574 g/mol. The highest BCUT2D eigenvalue weighted by Gasteiger charge is 2.30. The van der Waals surface area contributed by atoms with E-state index in [1.807, 2.05) is 36.1 Å². The van der Waals surface area contributed by atoms with Gasteiger partial charge in [0.1, 0.15) is 0 Å². The number of thioether (sulfide) groups is 1. The Morgan fingerprint density at radius 2 is 1.67 bits per heavy atom. The van der Waals surface area contributed by atoms with Gasteiger partial charge in [-0.05, 0) is 61.9 Å². The van der Waals surface area contributed by atoms with Gasteiger partial charge in [0.05, 0.1) is 10.4 Å². The quantitative estimate of drug-likeness (QED) is 0.104. The van der Waals surface area contributed by atoms with Gasteiger partial charge >= 0.3 is 0 Å². The maximum absolute atomic E-state index is 14.6. The van der Waals surface area contributed by atoms with Crippen LogP contribution in [0.4, 0.5) is 23.2 Å². The molecule has 3 aromatic carbocycles. The zero-order chi connectivity index (χ0) is 28.0. The third-order valence-electron chi connectivity index (χ3n) is 7.48. The summed E-state index contributed by atoms with van der Waals surface area (Å²) < 4.78 is 56.8. The van der Waals surface area contributed by atoms with E-state index in [1.165, 1.54) is 6.26 Å². The summed E-state index contributed by atoms with van der Waals surface area (Å²) in [6.07, 6.45) is 3.30. The Hall–Kier alpha value is -2.81. The smallest absolute Gasteiger partial charge is 0.198 e. The Labute approximate surface area is 234 Å². The SMILES string of the molecule is CSc1c(F)c(F)c(F)c(F)c1CN1CCN(c2ccnc3cc(-c4c(C)cccc4C)c(Cl)cc23)C(C)C1. The maximum Gasteiger partial charge on any atom is 0.198 e. The van der Waals surface area contributed by atoms with Crippen LogP contribution in [0.2, 0.25) is 5.02 Å². The van der Waals surface area contributed by atoms with Gasteiger partial charge < -0.3 is 4.90 Å². The van der Waals surface area contributed by atoms with E-state index in [-0.39, 0.29) is 23.0 Å². The predicted molar refractivity (Wildman–Crippen MR) is 152 cm³/mol. The standard InChI is InChI=1S/C30H28ClF4N3S/c1-16-6-5-7-17(2)25(16)19-13-23-20(12-22(19)31)24(8-9-36-23)38-11-10-37(14-18(38)3)15-21-26(32)27(33)28(34)29(35)30(21)39-4/h5-9,12-13,18H,10-11,14-15H2,1-4H3. The molecule has 4 aromatic rings. The molecule has 3 nitrogen and oxygen atoms in total. The summed E-state index contributed by atoms with van der Waals surface area (Å²) in [7, 11) is 0. The zero-order valence-corrected chi connectivity index (χ0v) is 23.7. The number of aryl methyl sites for hydroxylation is 2. The van der Waals surface area contributed by atoms with Crippen molar-refractivity contribution in [2.75, 3.05) is 30.8 Å². The minimum Gasteiger partial charge on any atom is -0.366 e. The topological polar surface area (TPSA) is 19.4 Å². The lowest BCUT2D eigenvalue weighted by Crippen LogP contribution is -2.51. The first-order valence-corrected chi connectivity index (χ1v) is 14.2. The van der Waals surface area contributed by atoms with Crippen molar-refractivity contribution in [1.82, 2.24) is 9.88 Å². The first-order valence-electron chi connectivity index (χ1n) is 12.6. The second-order valence-corrected chi connectivity index (χ2v) is 11.2. The summed E-state index contributed by atoms with van der Waals surface area (Å²) in [6, 6.07) is 12.1. The maximum atomic E-state index is 14.6. The number of piperazine rings is 1. The van der Waals surface area contributed by atoms with Crippen LogP contribution in [0.15, 0.2) is 47.5 Å². The summed E-state index contributed by atoms with van der Waals surface area (Å²) in [6.45, 7) is 7.80. The van der Waals surface area contributed by atoms with Crippen molar-refractivity contribution >= 4 is 40.0 Å². The van der Waals surface area contributed by atoms with Crippen LogP contribution in [0.5, 0.6) is 0 Å². The number of fused-ring (bicyclic) bond motifs is 1. The minimum absolute atomic E-state index is 0.00246. The second kappa shape index (κ2) is 11.0. The molecule has 5 rings (SSSR count). The molecule has 39 heavy (non-hydrogen) atoms. The Bertz CT molecular complexity index is 1560. The van der Waals surface area contributed by atoms with Crippen LogP contribution in [-0.2, 0) is 6.54 Å². The van der Waals surface area contributed by atoms with Crippen molar-refractivity contribution in [1.29, 1.82) is 0 Å². The van der Waals surface area contributed by atoms with Crippen LogP contribution in [0.25, 0.3) is 22.0 Å². The molecule has 1 fully saturated rings. The van der Waals surface area contributed by atoms with E-state index in [9.17, 15) is 17.6 Å². The lowest BCUT2D eigenvalue weighted by molar-refractivity contribution is 0.214. The van der Waals surface area contributed by atoms with Crippen LogP contribution in [0, 0.1) is 37.1 Å². The van der Waals surface area contributed by atoms with Gasteiger partial charge in [0.2, 0.25) is 0 Å². The van der Waals surface area contributed by atoms with Crippen molar-refractivity contribution in [3.8, 4) is 11.1 Å². The zero-order valence-electron chi connectivity index (χ0n) is 22.1. The lowest BCUT2D eigenvalue weighted by Gasteiger charge is -2.42. The van der Waals surface area contributed by atoms with E-state index in [1.54, 1.807) is 6.20 Å². The molecule has 1 unspecified atom stereocenters. The summed E-state index contributed by atoms with van der Waals surface area (Å²) in [5.74, 6) is -6.22. The lowest BCUT2D eigenvalue weighted by atomic mass is 9.94. The molecule has 0 radical (unpaired) electrons. The molecule has 1 atom stereocenters. The fourth-order valence-electron chi connectivity index (χ4n) is 5.60. The number of hydrogen-bond donors (Lipinski definition) is 0. The molecule has 1 saturated heterocycles. The van der Waals surface area contributed by atoms with Crippen molar-refractivity contribution in [2.45, 2.75) is 38.3 Å². The van der Waals surface area contributed by atoms with Gasteiger partial charge in [-0.1, -0.05) is 29.8 Å². The minimum atomic E-state index is -1.78. The fourth-order valence-corrected chi connectivity index (χ4v) is 6.53. The number of anilines is 1. The first kappa shape index (κ1) is 27.7. The van der Waals surface area contributed by atoms with E-state index in [2.05, 4.69) is 35.9 Å².